The van der Waals surface area contributed by atoms with Crippen molar-refractivity contribution in [2.75, 3.05) is 0 Å². The number of hydrogen-bond donors (Lipinski definition) is 0. The molecule has 1 heteroatoms. The van der Waals surface area contributed by atoms with Gasteiger partial charge in [0.25, 0.3) is 0 Å². The van der Waals surface area contributed by atoms with E-state index in [0.29, 0.717) is 5.56 Å². The van der Waals surface area contributed by atoms with Crippen LogP contribution in [0.3, 0.4) is 0 Å². The molecule has 10 aromatic rings. The average molecular weight is 633 g/mol. The lowest BCUT2D eigenvalue weighted by molar-refractivity contribution is 0.673. The van der Waals surface area contributed by atoms with Crippen molar-refractivity contribution >= 4 is 54.3 Å². The zero-order chi connectivity index (χ0) is 41.0. The van der Waals surface area contributed by atoms with Gasteiger partial charge in [-0.2, -0.15) is 0 Å². The summed E-state index contributed by atoms with van der Waals surface area (Å²) in [5, 5.41) is 7.77. The number of furan rings is 1. The van der Waals surface area contributed by atoms with Gasteiger partial charge in [-0.05, 0) is 89.6 Å². The molecule has 228 valence electrons. The molecule has 0 atom stereocenters. The largest absolute Gasteiger partial charge is 0.455 e. The van der Waals surface area contributed by atoms with Gasteiger partial charge in [0.15, 0.2) is 0 Å². The van der Waals surface area contributed by atoms with E-state index in [1.807, 2.05) is 60.7 Å². The van der Waals surface area contributed by atoms with Crippen LogP contribution in [0, 0.1) is 0 Å². The summed E-state index contributed by atoms with van der Waals surface area (Å²) in [6, 6.07) is 34.6. The van der Waals surface area contributed by atoms with Crippen LogP contribution in [-0.4, -0.2) is 0 Å². The predicted octanol–water partition coefficient (Wildman–Crippen LogP) is 13.7. The molecule has 49 heavy (non-hydrogen) atoms. The Bertz CT molecular complexity index is 3350. The highest BCUT2D eigenvalue weighted by atomic mass is 16.3. The van der Waals surface area contributed by atoms with Crippen LogP contribution in [0.2, 0.25) is 0 Å². The van der Waals surface area contributed by atoms with E-state index in [1.165, 1.54) is 0 Å². The predicted molar refractivity (Wildman–Crippen MR) is 208 cm³/mol. The quantitative estimate of drug-likeness (QED) is 0.176. The molecule has 0 fully saturated rings. The fourth-order valence-corrected chi connectivity index (χ4v) is 7.39. The Morgan fingerprint density at radius 3 is 1.65 bits per heavy atom. The van der Waals surface area contributed by atoms with Crippen LogP contribution in [0.4, 0.5) is 0 Å². The van der Waals surface area contributed by atoms with Crippen molar-refractivity contribution in [2.45, 2.75) is 0 Å². The van der Waals surface area contributed by atoms with Crippen LogP contribution >= 0.6 is 0 Å². The molecule has 1 aromatic heterocycles. The maximum Gasteiger partial charge on any atom is 0.143 e. The first-order valence-corrected chi connectivity index (χ1v) is 16.0. The molecule has 0 spiro atoms. The summed E-state index contributed by atoms with van der Waals surface area (Å²) in [6.07, 6.45) is 0. The lowest BCUT2D eigenvalue weighted by Crippen LogP contribution is -1.92. The van der Waals surface area contributed by atoms with Crippen molar-refractivity contribution in [1.82, 2.24) is 0 Å². The van der Waals surface area contributed by atoms with Gasteiger partial charge in [0.1, 0.15) is 11.2 Å². The Labute approximate surface area is 298 Å². The van der Waals surface area contributed by atoms with Gasteiger partial charge in [0, 0.05) is 16.2 Å². The van der Waals surface area contributed by atoms with Gasteiger partial charge < -0.3 is 4.42 Å². The molecule has 1 heterocycles. The molecule has 0 aliphatic heterocycles. The maximum absolute atomic E-state index is 9.00. The summed E-state index contributed by atoms with van der Waals surface area (Å²) in [7, 11) is 0. The Hall–Kier alpha value is -6.44. The van der Waals surface area contributed by atoms with Crippen LogP contribution in [0.15, 0.2) is 186 Å². The van der Waals surface area contributed by atoms with E-state index in [-0.39, 0.29) is 22.3 Å². The van der Waals surface area contributed by atoms with E-state index < -0.39 is 60.4 Å². The molecule has 0 unspecified atom stereocenters. The topological polar surface area (TPSA) is 13.1 Å². The molecular formula is C48H30O. The molecule has 0 radical (unpaired) electrons. The normalized spacial score (nSPS) is 14.5. The number of benzene rings is 9. The summed E-state index contributed by atoms with van der Waals surface area (Å²) in [4.78, 5) is 0. The Morgan fingerprint density at radius 2 is 0.980 bits per heavy atom. The van der Waals surface area contributed by atoms with Crippen LogP contribution in [0.25, 0.3) is 98.8 Å². The second kappa shape index (κ2) is 11.1. The van der Waals surface area contributed by atoms with Gasteiger partial charge in [0.05, 0.1) is 13.7 Å². The van der Waals surface area contributed by atoms with Crippen molar-refractivity contribution in [3.8, 4) is 44.5 Å². The molecule has 1 nitrogen and oxygen atoms in total. The zero-order valence-electron chi connectivity index (χ0n) is 36.0. The van der Waals surface area contributed by atoms with E-state index >= 15 is 0 Å². The van der Waals surface area contributed by atoms with Crippen LogP contribution in [-0.2, 0) is 0 Å². The molecule has 0 saturated carbocycles. The minimum atomic E-state index is -0.564. The summed E-state index contributed by atoms with van der Waals surface area (Å²) < 4.78 is 92.8. The lowest BCUT2D eigenvalue weighted by atomic mass is 9.83. The molecule has 0 aliphatic carbocycles. The van der Waals surface area contributed by atoms with Crippen LogP contribution in [0.1, 0.15) is 13.7 Å². The second-order valence-corrected chi connectivity index (χ2v) is 12.0. The summed E-state index contributed by atoms with van der Waals surface area (Å²) in [5.41, 5.74) is 5.02. The van der Waals surface area contributed by atoms with E-state index in [0.717, 1.165) is 70.9 Å². The van der Waals surface area contributed by atoms with Gasteiger partial charge >= 0.3 is 0 Å². The fraction of sp³-hybridized carbons (Fsp3) is 0. The highest BCUT2D eigenvalue weighted by molar-refractivity contribution is 6.27. The van der Waals surface area contributed by atoms with Crippen molar-refractivity contribution in [2.24, 2.45) is 0 Å². The van der Waals surface area contributed by atoms with Crippen molar-refractivity contribution in [1.29, 1.82) is 0 Å². The summed E-state index contributed by atoms with van der Waals surface area (Å²) in [6.45, 7) is 0. The van der Waals surface area contributed by atoms with Gasteiger partial charge in [-0.3, -0.25) is 0 Å². The molecule has 0 N–H and O–H groups in total. The lowest BCUT2D eigenvalue weighted by Gasteiger charge is -2.19. The SMILES string of the molecule is [2H]c1c([2H])c([2H])c(-c2ccc(-c3c4ccccc4c(-c4cccc5oc6c7ccccc7ccc6c45)c4ccccc34)cc2-c2c([2H])c([2H])c([2H])c([2H])c2[2H])c([2H])c1[2H]. The van der Waals surface area contributed by atoms with E-state index in [1.54, 1.807) is 18.2 Å². The first-order valence-electron chi connectivity index (χ1n) is 21.0. The van der Waals surface area contributed by atoms with Gasteiger partial charge in [-0.1, -0.05) is 164 Å². The highest BCUT2D eigenvalue weighted by Crippen LogP contribution is 2.48. The Kier molecular flexibility index (Phi) is 4.39. The van der Waals surface area contributed by atoms with E-state index in [4.69, 9.17) is 18.1 Å². The smallest absolute Gasteiger partial charge is 0.143 e. The van der Waals surface area contributed by atoms with E-state index in [2.05, 4.69) is 42.5 Å². The van der Waals surface area contributed by atoms with Gasteiger partial charge in [-0.25, -0.2) is 0 Å². The Morgan fingerprint density at radius 1 is 0.388 bits per heavy atom. The molecular weight excluding hydrogens is 593 g/mol. The Balaban J connectivity index is 1.31. The van der Waals surface area contributed by atoms with Crippen LogP contribution in [0.5, 0.6) is 0 Å². The molecule has 0 aliphatic rings. The average Bonchev–Trinajstić information content (AvgIpc) is 3.66. The first-order chi connectivity index (χ1) is 28.5. The minimum Gasteiger partial charge on any atom is -0.455 e. The van der Waals surface area contributed by atoms with Gasteiger partial charge in [0.2, 0.25) is 0 Å². The van der Waals surface area contributed by atoms with Crippen molar-refractivity contribution in [3.63, 3.8) is 0 Å². The highest BCUT2D eigenvalue weighted by Gasteiger charge is 2.21. The molecule has 0 bridgehead atoms. The number of fused-ring (bicyclic) bond motifs is 7. The zero-order valence-corrected chi connectivity index (χ0v) is 26.0. The fourth-order valence-electron chi connectivity index (χ4n) is 7.39. The number of rotatable bonds is 4. The summed E-state index contributed by atoms with van der Waals surface area (Å²) in [5.74, 6) is 0. The maximum atomic E-state index is 9.00. The molecule has 0 saturated heterocycles. The number of hydrogen-bond acceptors (Lipinski definition) is 1. The third kappa shape index (κ3) is 4.33. The minimum absolute atomic E-state index is 0.136. The molecule has 0 amide bonds. The van der Waals surface area contributed by atoms with E-state index in [9.17, 15) is 0 Å². The second-order valence-electron chi connectivity index (χ2n) is 12.0. The third-order valence-corrected chi connectivity index (χ3v) is 9.43. The molecule has 9 aromatic carbocycles. The molecule has 10 rings (SSSR count). The van der Waals surface area contributed by atoms with Crippen molar-refractivity contribution < 1.29 is 18.1 Å². The van der Waals surface area contributed by atoms with Crippen LogP contribution < -0.4 is 0 Å². The van der Waals surface area contributed by atoms with Crippen molar-refractivity contribution in [3.05, 3.63) is 182 Å². The van der Waals surface area contributed by atoms with Gasteiger partial charge in [-0.15, -0.1) is 0 Å². The monoisotopic (exact) mass is 632 g/mol. The first kappa shape index (κ1) is 19.4. The standard InChI is InChI=1S/C48H30O/c1-3-14-31(15-4-1)35-28-27-34(30-43(35)32-16-5-2-6-17-32)45-37-20-9-11-22-39(37)46(40-23-12-10-21-38(40)45)41-24-13-25-44-47(41)42-29-26-33-18-7-8-19-36(33)48(42)49-44/h1-30H/i1D,2D,3D,4D,5D,6D,14D,15D,16D,17D. The summed E-state index contributed by atoms with van der Waals surface area (Å²) >= 11 is 0. The third-order valence-electron chi connectivity index (χ3n) is 9.43.